The Balaban J connectivity index is 2.08. The molecule has 0 atom stereocenters. The summed E-state index contributed by atoms with van der Waals surface area (Å²) < 4.78 is 13.1. The quantitative estimate of drug-likeness (QED) is 0.131. The number of hydrogen-bond donors (Lipinski definition) is 0. The maximum atomic E-state index is 6.55. The van der Waals surface area contributed by atoms with Crippen molar-refractivity contribution in [2.45, 2.75) is 116 Å². The monoisotopic (exact) mass is 610 g/mol. The minimum Gasteiger partial charge on any atom is -0.544 e. The van der Waals surface area contributed by atoms with Crippen LogP contribution >= 0.6 is 0 Å². The van der Waals surface area contributed by atoms with Crippen molar-refractivity contribution < 1.29 is 8.85 Å². The van der Waals surface area contributed by atoms with Crippen LogP contribution in [0.5, 0.6) is 0 Å². The predicted molar refractivity (Wildman–Crippen MR) is 191 cm³/mol. The summed E-state index contributed by atoms with van der Waals surface area (Å²) in [5.41, 5.74) is 2.27. The minimum atomic E-state index is -1.70. The molecule has 2 rings (SSSR count). The molecule has 0 saturated heterocycles. The van der Waals surface area contributed by atoms with Crippen LogP contribution in [-0.4, -0.2) is 32.8 Å². The summed E-state index contributed by atoms with van der Waals surface area (Å²) in [6.07, 6.45) is 0. The maximum absolute atomic E-state index is 6.55. The molecule has 0 N–H and O–H groups in total. The van der Waals surface area contributed by atoms with Gasteiger partial charge in [0.2, 0.25) is 16.6 Å². The third-order valence-electron chi connectivity index (χ3n) is 9.90. The zero-order chi connectivity index (χ0) is 30.2. The van der Waals surface area contributed by atoms with E-state index in [2.05, 4.69) is 129 Å². The highest BCUT2D eigenvalue weighted by Crippen LogP contribution is 2.30. The molecule has 2 aromatic carbocycles. The van der Waals surface area contributed by atoms with E-state index in [1.165, 1.54) is 22.5 Å². The second kappa shape index (κ2) is 14.5. The van der Waals surface area contributed by atoms with Gasteiger partial charge in [-0.15, -0.1) is 0 Å². The summed E-state index contributed by atoms with van der Waals surface area (Å²) >= 11 is 0. The van der Waals surface area contributed by atoms with E-state index in [1.807, 2.05) is 0 Å². The van der Waals surface area contributed by atoms with Crippen molar-refractivity contribution in [1.82, 2.24) is 0 Å². The third kappa shape index (κ3) is 8.46. The number of rotatable bonds is 17. The van der Waals surface area contributed by atoms with Crippen molar-refractivity contribution >= 4 is 54.7 Å². The van der Waals surface area contributed by atoms with Gasteiger partial charge in [-0.3, -0.25) is 0 Å². The number of benzene rings is 2. The lowest BCUT2D eigenvalue weighted by Crippen LogP contribution is -2.47. The van der Waals surface area contributed by atoms with E-state index in [0.717, 1.165) is 58.9 Å². The second-order valence-electron chi connectivity index (χ2n) is 13.0. The molecule has 0 unspecified atom stereocenters. The molecule has 40 heavy (non-hydrogen) atoms. The average molecular weight is 611 g/mol. The Morgan fingerprint density at radius 3 is 0.975 bits per heavy atom. The summed E-state index contributed by atoms with van der Waals surface area (Å²) in [5.74, 6) is 1.72. The first-order valence-electron chi connectivity index (χ1n) is 15.7. The highest BCUT2D eigenvalue weighted by molar-refractivity contribution is 6.94. The first-order valence-corrected chi connectivity index (χ1v) is 27.2. The molecule has 0 aromatic heterocycles. The lowest BCUT2D eigenvalue weighted by Gasteiger charge is -2.31. The van der Waals surface area contributed by atoms with E-state index in [0.29, 0.717) is 0 Å². The predicted octanol–water partition coefficient (Wildman–Crippen LogP) is 10.2. The fourth-order valence-electron chi connectivity index (χ4n) is 5.70. The Labute approximate surface area is 251 Å². The molecule has 222 valence electrons. The molecule has 2 nitrogen and oxygen atoms in total. The van der Waals surface area contributed by atoms with Crippen LogP contribution in [0.1, 0.15) is 52.7 Å². The van der Waals surface area contributed by atoms with Crippen molar-refractivity contribution in [3.63, 3.8) is 0 Å². The first kappa shape index (κ1) is 34.6. The third-order valence-corrected chi connectivity index (χ3v) is 26.3. The molecule has 0 radical (unpaired) electrons. The summed E-state index contributed by atoms with van der Waals surface area (Å²) in [6.45, 7) is 32.3. The lowest BCUT2D eigenvalue weighted by molar-refractivity contribution is 0.492. The normalized spacial score (nSPS) is 12.8. The molecule has 6 heteroatoms. The zero-order valence-electron chi connectivity index (χ0n) is 27.5. The average Bonchev–Trinajstić information content (AvgIpc) is 2.98. The maximum Gasteiger partial charge on any atom is 0.250 e. The van der Waals surface area contributed by atoms with Crippen molar-refractivity contribution in [1.29, 1.82) is 0 Å². The molecular formula is C34H58O2Si4. The first-order chi connectivity index (χ1) is 18.8. The lowest BCUT2D eigenvalue weighted by atomic mass is 10.2. The Bertz CT molecular complexity index is 990. The van der Waals surface area contributed by atoms with Crippen LogP contribution < -0.4 is 10.4 Å². The fourth-order valence-corrected chi connectivity index (χ4v) is 18.6. The van der Waals surface area contributed by atoms with Gasteiger partial charge in [0.1, 0.15) is 11.5 Å². The Kier molecular flexibility index (Phi) is 12.6. The van der Waals surface area contributed by atoms with Gasteiger partial charge in [-0.05, 0) is 36.3 Å². The van der Waals surface area contributed by atoms with Gasteiger partial charge in [0.05, 0.1) is 16.1 Å². The minimum absolute atomic E-state index is 0.862. The van der Waals surface area contributed by atoms with Crippen LogP contribution in [0.25, 0.3) is 11.5 Å². The van der Waals surface area contributed by atoms with Crippen molar-refractivity contribution in [3.05, 3.63) is 72.8 Å². The van der Waals surface area contributed by atoms with Gasteiger partial charge >= 0.3 is 0 Å². The molecule has 2 aromatic rings. The van der Waals surface area contributed by atoms with Crippen LogP contribution in [0.2, 0.25) is 74.5 Å². The van der Waals surface area contributed by atoms with Crippen LogP contribution in [0.4, 0.5) is 0 Å². The van der Waals surface area contributed by atoms with E-state index < -0.39 is 32.8 Å². The molecule has 0 bridgehead atoms. The van der Waals surface area contributed by atoms with E-state index in [9.17, 15) is 0 Å². The number of hydrogen-bond acceptors (Lipinski definition) is 2. The van der Waals surface area contributed by atoms with Crippen LogP contribution in [-0.2, 0) is 8.85 Å². The van der Waals surface area contributed by atoms with E-state index >= 15 is 0 Å². The summed E-state index contributed by atoms with van der Waals surface area (Å²) in [6, 6.07) is 27.8. The van der Waals surface area contributed by atoms with Gasteiger partial charge in [-0.2, -0.15) is 0 Å². The SMILES string of the molecule is C=C(O[Si](CC)(CC)CC)c1ccc([Si](C)(C)CC[Si](C)(C)c2ccc(C(=C)O[Si](CC)(CC)CC)cc2)cc1. The van der Waals surface area contributed by atoms with Gasteiger partial charge in [-0.1, -0.05) is 152 Å². The highest BCUT2D eigenvalue weighted by atomic mass is 28.4. The molecule has 0 amide bonds. The Hall–Kier alpha value is -1.61. The molecular weight excluding hydrogens is 553 g/mol. The van der Waals surface area contributed by atoms with E-state index in [1.54, 1.807) is 0 Å². The van der Waals surface area contributed by atoms with Gasteiger partial charge < -0.3 is 8.85 Å². The zero-order valence-corrected chi connectivity index (χ0v) is 31.5. The standard InChI is InChI=1S/C34H58O2Si4/c1-13-39(14-2,15-3)35-29(7)31-19-23-33(24-20-31)37(9,10)27-28-38(11,12)34-25-21-32(22-26-34)30(8)36-40(16-4,17-5)18-6/h19-26H,7-8,13-18,27-28H2,1-6,9-12H3. The van der Waals surface area contributed by atoms with Gasteiger partial charge in [-0.25, -0.2) is 0 Å². The summed E-state index contributed by atoms with van der Waals surface area (Å²) in [5, 5.41) is 3.05. The van der Waals surface area contributed by atoms with Crippen molar-refractivity contribution in [3.8, 4) is 0 Å². The molecule has 0 heterocycles. The van der Waals surface area contributed by atoms with Crippen LogP contribution in [0.15, 0.2) is 61.7 Å². The van der Waals surface area contributed by atoms with Gasteiger partial charge in [0.25, 0.3) is 0 Å². The molecule has 0 spiro atoms. The molecule has 0 fully saturated rings. The Morgan fingerprint density at radius 2 is 0.750 bits per heavy atom. The van der Waals surface area contributed by atoms with E-state index in [4.69, 9.17) is 8.85 Å². The van der Waals surface area contributed by atoms with Gasteiger partial charge in [0, 0.05) is 11.1 Å². The molecule has 0 aliphatic carbocycles. The van der Waals surface area contributed by atoms with Crippen LogP contribution in [0, 0.1) is 0 Å². The molecule has 0 aliphatic heterocycles. The van der Waals surface area contributed by atoms with Gasteiger partial charge in [0.15, 0.2) is 0 Å². The largest absolute Gasteiger partial charge is 0.544 e. The fraction of sp³-hybridized carbons (Fsp3) is 0.529. The van der Waals surface area contributed by atoms with Crippen molar-refractivity contribution in [2.24, 2.45) is 0 Å². The smallest absolute Gasteiger partial charge is 0.250 e. The van der Waals surface area contributed by atoms with Crippen LogP contribution in [0.3, 0.4) is 0 Å². The molecule has 0 aliphatic rings. The molecule has 0 saturated carbocycles. The Morgan fingerprint density at radius 1 is 0.500 bits per heavy atom. The van der Waals surface area contributed by atoms with Crippen molar-refractivity contribution in [2.75, 3.05) is 0 Å². The summed E-state index contributed by atoms with van der Waals surface area (Å²) in [4.78, 5) is 0. The second-order valence-corrected chi connectivity index (χ2v) is 32.0. The van der Waals surface area contributed by atoms with E-state index in [-0.39, 0.29) is 0 Å². The highest BCUT2D eigenvalue weighted by Gasteiger charge is 2.33. The summed E-state index contributed by atoms with van der Waals surface area (Å²) in [7, 11) is -6.55. The topological polar surface area (TPSA) is 18.5 Å².